The van der Waals surface area contributed by atoms with E-state index in [1.54, 1.807) is 0 Å². The number of carboxylic acid groups (broad SMARTS) is 1. The molecule has 6 nitrogen and oxygen atoms in total. The topological polar surface area (TPSA) is 110 Å². The van der Waals surface area contributed by atoms with Gasteiger partial charge in [-0.25, -0.2) is 0 Å². The molecule has 0 saturated carbocycles. The van der Waals surface area contributed by atoms with Gasteiger partial charge in [0.2, 0.25) is 5.91 Å². The number of hydrogen-bond acceptors (Lipinski definition) is 4. The fourth-order valence-electron chi connectivity index (χ4n) is 2.57. The molecule has 0 fully saturated rings. The highest BCUT2D eigenvalue weighted by Gasteiger charge is 2.14. The number of aliphatic carboxylic acids is 1. The van der Waals surface area contributed by atoms with Crippen LogP contribution >= 0.6 is 0 Å². The molecule has 0 aliphatic heterocycles. The van der Waals surface area contributed by atoms with Crippen molar-refractivity contribution in [2.24, 2.45) is 11.5 Å². The van der Waals surface area contributed by atoms with E-state index in [-0.39, 0.29) is 24.4 Å². The third kappa shape index (κ3) is 14.5. The van der Waals surface area contributed by atoms with Crippen molar-refractivity contribution in [3.05, 3.63) is 0 Å². The van der Waals surface area contributed by atoms with Gasteiger partial charge < -0.3 is 21.5 Å². The van der Waals surface area contributed by atoms with Gasteiger partial charge in [-0.2, -0.15) is 0 Å². The number of amides is 1. The highest BCUT2D eigenvalue weighted by atomic mass is 16.4. The number of nitrogens with zero attached hydrogens (tertiary/aromatic N) is 1. The zero-order chi connectivity index (χ0) is 18.4. The van der Waals surface area contributed by atoms with Crippen LogP contribution in [0.1, 0.15) is 78.1 Å². The van der Waals surface area contributed by atoms with Crippen LogP contribution in [0.15, 0.2) is 0 Å². The van der Waals surface area contributed by atoms with Crippen LogP contribution in [-0.4, -0.2) is 47.1 Å². The third-order valence-electron chi connectivity index (χ3n) is 4.08. The Balaban J connectivity index is 4.02. The molecule has 5 N–H and O–H groups in total. The fraction of sp³-hybridized carbons (Fsp3) is 0.889. The van der Waals surface area contributed by atoms with Crippen LogP contribution in [0.4, 0.5) is 0 Å². The predicted octanol–water partition coefficient (Wildman–Crippen LogP) is 2.50. The summed E-state index contributed by atoms with van der Waals surface area (Å²) < 4.78 is 0. The number of rotatable bonds is 15. The lowest BCUT2D eigenvalue weighted by atomic mass is 10.1. The molecule has 0 aromatic heterocycles. The largest absolute Gasteiger partial charge is 0.481 e. The summed E-state index contributed by atoms with van der Waals surface area (Å²) >= 11 is 0. The lowest BCUT2D eigenvalue weighted by Crippen LogP contribution is -2.35. The van der Waals surface area contributed by atoms with Crippen molar-refractivity contribution in [2.45, 2.75) is 90.1 Å². The third-order valence-corrected chi connectivity index (χ3v) is 4.08. The highest BCUT2D eigenvalue weighted by molar-refractivity contribution is 5.77. The normalized spacial score (nSPS) is 13.5. The molecule has 1 amide bonds. The lowest BCUT2D eigenvalue weighted by Gasteiger charge is -2.23. The highest BCUT2D eigenvalue weighted by Crippen LogP contribution is 2.09. The number of unbranched alkanes of at least 4 members (excludes halogenated alkanes) is 4. The minimum Gasteiger partial charge on any atom is -0.481 e. The summed E-state index contributed by atoms with van der Waals surface area (Å²) in [5, 5.41) is 8.67. The van der Waals surface area contributed by atoms with Crippen LogP contribution in [0.3, 0.4) is 0 Å². The van der Waals surface area contributed by atoms with Crippen LogP contribution in [-0.2, 0) is 9.59 Å². The van der Waals surface area contributed by atoms with Crippen molar-refractivity contribution < 1.29 is 14.7 Å². The summed E-state index contributed by atoms with van der Waals surface area (Å²) in [5.41, 5.74) is 11.5. The molecule has 2 unspecified atom stereocenters. The fourth-order valence-corrected chi connectivity index (χ4v) is 2.57. The van der Waals surface area contributed by atoms with Gasteiger partial charge in [-0.05, 0) is 39.5 Å². The molecule has 0 radical (unpaired) electrons. The molecule has 0 heterocycles. The average molecular weight is 344 g/mol. The Hall–Kier alpha value is -1.14. The molecule has 6 heteroatoms. The summed E-state index contributed by atoms with van der Waals surface area (Å²) in [7, 11) is 0. The van der Waals surface area contributed by atoms with Crippen molar-refractivity contribution in [3.63, 3.8) is 0 Å². The number of nitrogens with two attached hydrogens (primary N) is 2. The van der Waals surface area contributed by atoms with E-state index < -0.39 is 5.97 Å². The standard InChI is InChI=1S/C18H37N3O3/c1-15(19)9-6-4-3-5-7-13-21(14-12-16(2)20)17(22)10-8-11-18(23)24/h15-16H,3-14,19-20H2,1-2H3,(H,23,24). The van der Waals surface area contributed by atoms with Crippen molar-refractivity contribution >= 4 is 11.9 Å². The number of hydrogen-bond donors (Lipinski definition) is 3. The van der Waals surface area contributed by atoms with Gasteiger partial charge in [0.25, 0.3) is 0 Å². The molecule has 0 rings (SSSR count). The summed E-state index contributed by atoms with van der Waals surface area (Å²) in [5.74, 6) is -0.800. The Morgan fingerprint density at radius 1 is 0.833 bits per heavy atom. The summed E-state index contributed by atoms with van der Waals surface area (Å²) in [4.78, 5) is 24.7. The van der Waals surface area contributed by atoms with E-state index in [1.807, 2.05) is 18.7 Å². The number of carbonyl (C=O) groups excluding carboxylic acids is 1. The lowest BCUT2D eigenvalue weighted by molar-refractivity contribution is -0.137. The van der Waals surface area contributed by atoms with E-state index in [0.717, 1.165) is 32.2 Å². The molecule has 142 valence electrons. The van der Waals surface area contributed by atoms with Gasteiger partial charge in [0.05, 0.1) is 0 Å². The SMILES string of the molecule is CC(N)CCCCCCCN(CCC(C)N)C(=O)CCCC(=O)O. The molecule has 2 atom stereocenters. The zero-order valence-corrected chi connectivity index (χ0v) is 15.5. The molecule has 0 aliphatic rings. The zero-order valence-electron chi connectivity index (χ0n) is 15.5. The van der Waals surface area contributed by atoms with Crippen LogP contribution in [0, 0.1) is 0 Å². The molecule has 0 spiro atoms. The van der Waals surface area contributed by atoms with Crippen LogP contribution in [0.5, 0.6) is 0 Å². The second-order valence-corrected chi connectivity index (χ2v) is 6.93. The maximum absolute atomic E-state index is 12.3. The predicted molar refractivity (Wildman–Crippen MR) is 97.7 cm³/mol. The van der Waals surface area contributed by atoms with Gasteiger partial charge >= 0.3 is 5.97 Å². The smallest absolute Gasteiger partial charge is 0.303 e. The quantitative estimate of drug-likeness (QED) is 0.396. The van der Waals surface area contributed by atoms with E-state index in [4.69, 9.17) is 16.6 Å². The molecular weight excluding hydrogens is 306 g/mol. The van der Waals surface area contributed by atoms with Gasteiger partial charge in [-0.1, -0.05) is 25.7 Å². The Morgan fingerprint density at radius 2 is 1.42 bits per heavy atom. The molecule has 0 aromatic rings. The minimum atomic E-state index is -0.850. The molecule has 0 saturated heterocycles. The summed E-state index contributed by atoms with van der Waals surface area (Å²) in [6, 6.07) is 0.347. The molecule has 0 aliphatic carbocycles. The first-order chi connectivity index (χ1) is 11.3. The van der Waals surface area contributed by atoms with Gasteiger partial charge in [0, 0.05) is 38.0 Å². The van der Waals surface area contributed by atoms with Gasteiger partial charge in [-0.3, -0.25) is 9.59 Å². The van der Waals surface area contributed by atoms with Gasteiger partial charge in [-0.15, -0.1) is 0 Å². The van der Waals surface area contributed by atoms with Crippen LogP contribution in [0.2, 0.25) is 0 Å². The first kappa shape index (κ1) is 22.9. The monoisotopic (exact) mass is 343 g/mol. The Bertz CT molecular complexity index is 346. The Morgan fingerprint density at radius 3 is 2.00 bits per heavy atom. The Labute approximate surface area is 147 Å². The van der Waals surface area contributed by atoms with Crippen LogP contribution in [0.25, 0.3) is 0 Å². The molecule has 0 aromatic carbocycles. The summed E-state index contributed by atoms with van der Waals surface area (Å²) in [6.45, 7) is 5.37. The van der Waals surface area contributed by atoms with E-state index in [1.165, 1.54) is 19.3 Å². The number of carboxylic acids is 1. The van der Waals surface area contributed by atoms with Crippen molar-refractivity contribution in [2.75, 3.05) is 13.1 Å². The maximum atomic E-state index is 12.3. The van der Waals surface area contributed by atoms with E-state index in [9.17, 15) is 9.59 Å². The van der Waals surface area contributed by atoms with Crippen molar-refractivity contribution in [1.82, 2.24) is 4.90 Å². The van der Waals surface area contributed by atoms with E-state index in [0.29, 0.717) is 19.4 Å². The van der Waals surface area contributed by atoms with Crippen LogP contribution < -0.4 is 11.5 Å². The number of carbonyl (C=O) groups is 2. The second-order valence-electron chi connectivity index (χ2n) is 6.93. The minimum absolute atomic E-state index is 0.0481. The van der Waals surface area contributed by atoms with Gasteiger partial charge in [0.1, 0.15) is 0 Å². The maximum Gasteiger partial charge on any atom is 0.303 e. The molecular formula is C18H37N3O3. The first-order valence-electron chi connectivity index (χ1n) is 9.33. The van der Waals surface area contributed by atoms with Crippen molar-refractivity contribution in [3.8, 4) is 0 Å². The van der Waals surface area contributed by atoms with Crippen molar-refractivity contribution in [1.29, 1.82) is 0 Å². The van der Waals surface area contributed by atoms with E-state index >= 15 is 0 Å². The molecule has 0 bridgehead atoms. The first-order valence-corrected chi connectivity index (χ1v) is 9.33. The Kier molecular flexibility index (Phi) is 13.5. The average Bonchev–Trinajstić information content (AvgIpc) is 2.48. The van der Waals surface area contributed by atoms with Gasteiger partial charge in [0.15, 0.2) is 0 Å². The summed E-state index contributed by atoms with van der Waals surface area (Å²) in [6.07, 6.45) is 8.22. The second kappa shape index (κ2) is 14.2. The van der Waals surface area contributed by atoms with E-state index in [2.05, 4.69) is 0 Å². The molecule has 24 heavy (non-hydrogen) atoms.